The van der Waals surface area contributed by atoms with Gasteiger partial charge in [0.05, 0.1) is 5.56 Å². The van der Waals surface area contributed by atoms with Crippen molar-refractivity contribution in [2.75, 3.05) is 0 Å². The Morgan fingerprint density at radius 1 is 1.20 bits per heavy atom. The Hall–Kier alpha value is -1.35. The van der Waals surface area contributed by atoms with Gasteiger partial charge in [-0.25, -0.2) is 4.79 Å². The zero-order valence-corrected chi connectivity index (χ0v) is 12.6. The van der Waals surface area contributed by atoms with Gasteiger partial charge < -0.3 is 0 Å². The molecular formula is C17H24O3. The molecule has 0 aliphatic heterocycles. The first-order valence-corrected chi connectivity index (χ1v) is 7.04. The molecule has 0 saturated heterocycles. The third kappa shape index (κ3) is 5.74. The van der Waals surface area contributed by atoms with Crippen LogP contribution in [0.25, 0.3) is 0 Å². The van der Waals surface area contributed by atoms with Crippen molar-refractivity contribution in [1.29, 1.82) is 0 Å². The van der Waals surface area contributed by atoms with Crippen molar-refractivity contribution in [3.8, 4) is 0 Å². The van der Waals surface area contributed by atoms with Crippen molar-refractivity contribution in [3.63, 3.8) is 0 Å². The molecule has 0 fully saturated rings. The number of carbonyl (C=O) groups is 1. The zero-order chi connectivity index (χ0) is 15.0. The summed E-state index contributed by atoms with van der Waals surface area (Å²) in [5.74, 6) is -0.473. The summed E-state index contributed by atoms with van der Waals surface area (Å²) in [7, 11) is 0. The number of unbranched alkanes of at least 4 members (excludes halogenated alkanes) is 3. The fraction of sp³-hybridized carbons (Fsp3) is 0.471. The Morgan fingerprint density at radius 3 is 2.40 bits per heavy atom. The predicted octanol–water partition coefficient (Wildman–Crippen LogP) is 4.63. The van der Waals surface area contributed by atoms with Crippen molar-refractivity contribution in [1.82, 2.24) is 0 Å². The largest absolute Gasteiger partial charge is 0.373 e. The van der Waals surface area contributed by atoms with Crippen LogP contribution in [0.5, 0.6) is 0 Å². The SMILES string of the molecule is [CH2]CCCC[CH]OOC(=O)c1ccc(C(C)(C)C)cc1. The van der Waals surface area contributed by atoms with Gasteiger partial charge in [-0.1, -0.05) is 59.1 Å². The molecule has 110 valence electrons. The van der Waals surface area contributed by atoms with E-state index >= 15 is 0 Å². The molecule has 0 bridgehead atoms. The predicted molar refractivity (Wildman–Crippen MR) is 79.8 cm³/mol. The van der Waals surface area contributed by atoms with Crippen molar-refractivity contribution in [2.24, 2.45) is 0 Å². The summed E-state index contributed by atoms with van der Waals surface area (Å²) in [5.41, 5.74) is 1.74. The molecule has 0 heterocycles. The Kier molecular flexibility index (Phi) is 6.73. The van der Waals surface area contributed by atoms with Gasteiger partial charge in [0.25, 0.3) is 0 Å². The van der Waals surface area contributed by atoms with Crippen LogP contribution in [0, 0.1) is 13.5 Å². The summed E-state index contributed by atoms with van der Waals surface area (Å²) in [6.07, 6.45) is 3.70. The van der Waals surface area contributed by atoms with E-state index in [0.717, 1.165) is 25.7 Å². The molecule has 0 N–H and O–H groups in total. The standard InChI is InChI=1S/C17H24O3/c1-5-6-7-8-13-19-20-16(18)14-9-11-15(12-10-14)17(2,3)4/h9-13H,1,5-8H2,2-4H3. The van der Waals surface area contributed by atoms with Gasteiger partial charge in [0.15, 0.2) is 0 Å². The van der Waals surface area contributed by atoms with E-state index in [9.17, 15) is 4.79 Å². The summed E-state index contributed by atoms with van der Waals surface area (Å²) < 4.78 is 0. The smallest absolute Gasteiger partial charge is 0.292 e. The number of hydrogen-bond donors (Lipinski definition) is 0. The van der Waals surface area contributed by atoms with Gasteiger partial charge in [0, 0.05) is 0 Å². The number of rotatable bonds is 7. The molecular weight excluding hydrogens is 252 g/mol. The highest BCUT2D eigenvalue weighted by molar-refractivity contribution is 5.88. The highest BCUT2D eigenvalue weighted by atomic mass is 17.2. The highest BCUT2D eigenvalue weighted by Gasteiger charge is 2.15. The molecule has 0 aromatic heterocycles. The fourth-order valence-electron chi connectivity index (χ4n) is 1.68. The van der Waals surface area contributed by atoms with E-state index in [2.05, 4.69) is 27.7 Å². The fourth-order valence-corrected chi connectivity index (χ4v) is 1.68. The lowest BCUT2D eigenvalue weighted by Crippen LogP contribution is -2.12. The highest BCUT2D eigenvalue weighted by Crippen LogP contribution is 2.22. The average Bonchev–Trinajstić information content (AvgIpc) is 2.41. The minimum absolute atomic E-state index is 0.0703. The molecule has 3 nitrogen and oxygen atoms in total. The number of hydrogen-bond acceptors (Lipinski definition) is 3. The van der Waals surface area contributed by atoms with Crippen molar-refractivity contribution in [3.05, 3.63) is 48.9 Å². The van der Waals surface area contributed by atoms with E-state index in [-0.39, 0.29) is 5.41 Å². The number of carbonyl (C=O) groups excluding carboxylic acids is 1. The quantitative estimate of drug-likeness (QED) is 0.414. The molecule has 3 heteroatoms. The third-order valence-electron chi connectivity index (χ3n) is 3.00. The molecule has 0 aliphatic carbocycles. The topological polar surface area (TPSA) is 35.5 Å². The van der Waals surface area contributed by atoms with Crippen LogP contribution in [0.3, 0.4) is 0 Å². The minimum atomic E-state index is -0.473. The van der Waals surface area contributed by atoms with Gasteiger partial charge in [0.2, 0.25) is 0 Å². The van der Waals surface area contributed by atoms with Crippen LogP contribution in [-0.2, 0) is 15.2 Å². The van der Waals surface area contributed by atoms with Crippen LogP contribution in [0.1, 0.15) is 62.4 Å². The van der Waals surface area contributed by atoms with Gasteiger partial charge in [0.1, 0.15) is 6.61 Å². The lowest BCUT2D eigenvalue weighted by atomic mass is 9.87. The van der Waals surface area contributed by atoms with E-state index in [1.165, 1.54) is 12.2 Å². The Labute approximate surface area is 122 Å². The first-order chi connectivity index (χ1) is 9.45. The summed E-state index contributed by atoms with van der Waals surface area (Å²) in [6, 6.07) is 7.40. The molecule has 1 rings (SSSR count). The van der Waals surface area contributed by atoms with Gasteiger partial charge in [-0.3, -0.25) is 4.89 Å². The van der Waals surface area contributed by atoms with E-state index in [0.29, 0.717) is 5.56 Å². The summed E-state index contributed by atoms with van der Waals surface area (Å²) in [4.78, 5) is 21.2. The van der Waals surface area contributed by atoms with E-state index in [1.807, 2.05) is 12.1 Å². The van der Waals surface area contributed by atoms with E-state index in [1.54, 1.807) is 12.1 Å². The van der Waals surface area contributed by atoms with Crippen LogP contribution in [0.4, 0.5) is 0 Å². The molecule has 0 spiro atoms. The first kappa shape index (κ1) is 16.7. The molecule has 0 amide bonds. The maximum atomic E-state index is 11.7. The summed E-state index contributed by atoms with van der Waals surface area (Å²) in [6.45, 7) is 11.7. The van der Waals surface area contributed by atoms with Crippen molar-refractivity contribution >= 4 is 5.97 Å². The van der Waals surface area contributed by atoms with Crippen LogP contribution >= 0.6 is 0 Å². The monoisotopic (exact) mass is 276 g/mol. The maximum Gasteiger partial charge on any atom is 0.373 e. The average molecular weight is 276 g/mol. The molecule has 2 radical (unpaired) electrons. The van der Waals surface area contributed by atoms with Crippen molar-refractivity contribution in [2.45, 2.75) is 51.9 Å². The lowest BCUT2D eigenvalue weighted by Gasteiger charge is -2.18. The van der Waals surface area contributed by atoms with Crippen LogP contribution in [0.2, 0.25) is 0 Å². The second-order valence-electron chi connectivity index (χ2n) is 5.81. The van der Waals surface area contributed by atoms with Gasteiger partial charge in [-0.05, 0) is 29.5 Å². The second-order valence-corrected chi connectivity index (χ2v) is 5.81. The Morgan fingerprint density at radius 2 is 1.85 bits per heavy atom. The maximum absolute atomic E-state index is 11.7. The molecule has 0 saturated carbocycles. The van der Waals surface area contributed by atoms with Crippen LogP contribution < -0.4 is 0 Å². The second kappa shape index (κ2) is 8.05. The van der Waals surface area contributed by atoms with Gasteiger partial charge in [-0.15, -0.1) is 0 Å². The normalized spacial score (nSPS) is 11.4. The third-order valence-corrected chi connectivity index (χ3v) is 3.00. The van der Waals surface area contributed by atoms with Crippen LogP contribution in [-0.4, -0.2) is 5.97 Å². The molecule has 0 atom stereocenters. The van der Waals surface area contributed by atoms with Gasteiger partial charge >= 0.3 is 5.97 Å². The van der Waals surface area contributed by atoms with Gasteiger partial charge in [-0.2, -0.15) is 4.89 Å². The number of benzene rings is 1. The molecule has 0 aliphatic rings. The van der Waals surface area contributed by atoms with E-state index in [4.69, 9.17) is 9.78 Å². The zero-order valence-electron chi connectivity index (χ0n) is 12.6. The van der Waals surface area contributed by atoms with Crippen LogP contribution in [0.15, 0.2) is 24.3 Å². The van der Waals surface area contributed by atoms with Crippen molar-refractivity contribution < 1.29 is 14.6 Å². The molecule has 1 aromatic carbocycles. The minimum Gasteiger partial charge on any atom is -0.292 e. The Balaban J connectivity index is 2.37. The molecule has 0 unspecified atom stereocenters. The van der Waals surface area contributed by atoms with E-state index < -0.39 is 5.97 Å². The molecule has 1 aromatic rings. The Bertz CT molecular complexity index is 401. The first-order valence-electron chi connectivity index (χ1n) is 7.04. The molecule has 20 heavy (non-hydrogen) atoms. The summed E-state index contributed by atoms with van der Waals surface area (Å²) in [5, 5.41) is 0. The summed E-state index contributed by atoms with van der Waals surface area (Å²) >= 11 is 0. The lowest BCUT2D eigenvalue weighted by molar-refractivity contribution is -0.213.